The highest BCUT2D eigenvalue weighted by Crippen LogP contribution is 2.22. The molecule has 8 heteroatoms. The van der Waals surface area contributed by atoms with Crippen LogP contribution in [0.15, 0.2) is 58.4 Å². The first-order valence-corrected chi connectivity index (χ1v) is 12.3. The maximum absolute atomic E-state index is 12.6. The third kappa shape index (κ3) is 6.64. The van der Waals surface area contributed by atoms with E-state index in [-0.39, 0.29) is 22.8 Å². The monoisotopic (exact) mass is 456 g/mol. The van der Waals surface area contributed by atoms with Gasteiger partial charge in [-0.2, -0.15) is 0 Å². The Bertz CT molecular complexity index is 1090. The Morgan fingerprint density at radius 1 is 1.12 bits per heavy atom. The molecule has 1 aliphatic heterocycles. The molecule has 3 rings (SSSR count). The van der Waals surface area contributed by atoms with Crippen molar-refractivity contribution in [2.24, 2.45) is 4.99 Å². The second-order valence-electron chi connectivity index (χ2n) is 9.23. The summed E-state index contributed by atoms with van der Waals surface area (Å²) in [4.78, 5) is 18.7. The number of likely N-dealkylation sites (N-methyl/N-ethyl adjacent to an activating group) is 1. The van der Waals surface area contributed by atoms with Gasteiger partial charge >= 0.3 is 0 Å². The highest BCUT2D eigenvalue weighted by atomic mass is 32.2. The van der Waals surface area contributed by atoms with Crippen molar-refractivity contribution in [3.05, 3.63) is 59.7 Å². The summed E-state index contributed by atoms with van der Waals surface area (Å²) in [7, 11) is -1.84. The molecular formula is C24H32N4O3S. The number of amides is 1. The Labute approximate surface area is 191 Å². The van der Waals surface area contributed by atoms with Gasteiger partial charge in [0.25, 0.3) is 10.0 Å². The lowest BCUT2D eigenvalue weighted by molar-refractivity contribution is -0.117. The highest BCUT2D eigenvalue weighted by Gasteiger charge is 2.19. The van der Waals surface area contributed by atoms with Crippen LogP contribution < -0.4 is 10.0 Å². The molecule has 0 unspecified atom stereocenters. The van der Waals surface area contributed by atoms with Crippen LogP contribution in [0.1, 0.15) is 44.7 Å². The number of carbonyl (C=O) groups excluding carboxylic acids is 1. The first kappa shape index (κ1) is 23.9. The van der Waals surface area contributed by atoms with Crippen molar-refractivity contribution < 1.29 is 13.2 Å². The molecular weight excluding hydrogens is 424 g/mol. The lowest BCUT2D eigenvalue weighted by Crippen LogP contribution is -2.30. The number of benzene rings is 2. The largest absolute Gasteiger partial charge is 0.325 e. The van der Waals surface area contributed by atoms with E-state index in [9.17, 15) is 13.2 Å². The molecule has 0 saturated heterocycles. The minimum absolute atomic E-state index is 0.0946. The summed E-state index contributed by atoms with van der Waals surface area (Å²) in [6.07, 6.45) is 1.48. The van der Waals surface area contributed by atoms with Gasteiger partial charge in [-0.3, -0.25) is 19.4 Å². The first-order valence-electron chi connectivity index (χ1n) is 10.8. The van der Waals surface area contributed by atoms with Gasteiger partial charge in [0.15, 0.2) is 0 Å². The van der Waals surface area contributed by atoms with Gasteiger partial charge in [0, 0.05) is 25.2 Å². The van der Waals surface area contributed by atoms with E-state index in [4.69, 9.17) is 0 Å². The van der Waals surface area contributed by atoms with Crippen LogP contribution in [0.25, 0.3) is 0 Å². The van der Waals surface area contributed by atoms with Crippen molar-refractivity contribution in [2.75, 3.05) is 25.5 Å². The van der Waals surface area contributed by atoms with Gasteiger partial charge in [-0.15, -0.1) is 0 Å². The average Bonchev–Trinajstić information content (AvgIpc) is 3.20. The van der Waals surface area contributed by atoms with Gasteiger partial charge in [-0.05, 0) is 48.2 Å². The number of sulfonamides is 1. The molecule has 1 amide bonds. The van der Waals surface area contributed by atoms with Crippen LogP contribution in [0.5, 0.6) is 0 Å². The Morgan fingerprint density at radius 2 is 1.84 bits per heavy atom. The normalized spacial score (nSPS) is 14.3. The van der Waals surface area contributed by atoms with Crippen LogP contribution in [-0.2, 0) is 26.8 Å². The van der Waals surface area contributed by atoms with Crippen LogP contribution >= 0.6 is 0 Å². The average molecular weight is 457 g/mol. The fraction of sp³-hybridized carbons (Fsp3) is 0.417. The number of hydrogen-bond acceptors (Lipinski definition) is 5. The van der Waals surface area contributed by atoms with E-state index < -0.39 is 10.0 Å². The predicted molar refractivity (Wildman–Crippen MR) is 128 cm³/mol. The third-order valence-electron chi connectivity index (χ3n) is 5.24. The van der Waals surface area contributed by atoms with Crippen molar-refractivity contribution >= 4 is 27.5 Å². The van der Waals surface area contributed by atoms with E-state index in [0.29, 0.717) is 31.0 Å². The van der Waals surface area contributed by atoms with Crippen LogP contribution in [0.2, 0.25) is 0 Å². The number of nitrogens with zero attached hydrogens (tertiary/aromatic N) is 2. The summed E-state index contributed by atoms with van der Waals surface area (Å²) in [6, 6.07) is 14.7. The van der Waals surface area contributed by atoms with E-state index in [0.717, 1.165) is 12.0 Å². The second kappa shape index (κ2) is 9.83. The lowest BCUT2D eigenvalue weighted by atomic mass is 9.87. The van der Waals surface area contributed by atoms with E-state index in [2.05, 4.69) is 60.1 Å². The number of aliphatic imine (C=N–C) groups is 1. The second-order valence-corrected chi connectivity index (χ2v) is 10.9. The third-order valence-corrected chi connectivity index (χ3v) is 6.62. The Hall–Kier alpha value is -2.71. The summed E-state index contributed by atoms with van der Waals surface area (Å²) in [5, 5.41) is 2.79. The van der Waals surface area contributed by atoms with E-state index in [1.165, 1.54) is 17.7 Å². The maximum atomic E-state index is 12.6. The summed E-state index contributed by atoms with van der Waals surface area (Å²) in [6.45, 7) is 8.00. The molecule has 0 bridgehead atoms. The molecule has 7 nitrogen and oxygen atoms in total. The fourth-order valence-corrected chi connectivity index (χ4v) is 4.64. The van der Waals surface area contributed by atoms with Crippen LogP contribution in [0, 0.1) is 0 Å². The minimum Gasteiger partial charge on any atom is -0.325 e. The van der Waals surface area contributed by atoms with Gasteiger partial charge in [0.05, 0.1) is 11.4 Å². The Morgan fingerprint density at radius 3 is 2.47 bits per heavy atom. The van der Waals surface area contributed by atoms with Gasteiger partial charge in [0.1, 0.15) is 5.84 Å². The quantitative estimate of drug-likeness (QED) is 0.667. The van der Waals surface area contributed by atoms with E-state index in [1.807, 2.05) is 11.9 Å². The van der Waals surface area contributed by atoms with E-state index in [1.54, 1.807) is 12.1 Å². The molecule has 1 heterocycles. The molecule has 2 N–H and O–H groups in total. The topological polar surface area (TPSA) is 90.9 Å². The van der Waals surface area contributed by atoms with Gasteiger partial charge < -0.3 is 5.32 Å². The zero-order valence-corrected chi connectivity index (χ0v) is 20.0. The van der Waals surface area contributed by atoms with Gasteiger partial charge in [-0.1, -0.05) is 51.1 Å². The van der Waals surface area contributed by atoms with Gasteiger partial charge in [-0.25, -0.2) is 8.42 Å². The van der Waals surface area contributed by atoms with Crippen molar-refractivity contribution in [1.29, 1.82) is 0 Å². The molecule has 1 aliphatic rings. The van der Waals surface area contributed by atoms with Crippen LogP contribution in [0.4, 0.5) is 5.69 Å². The van der Waals surface area contributed by atoms with Crippen molar-refractivity contribution in [1.82, 2.24) is 9.62 Å². The van der Waals surface area contributed by atoms with Gasteiger partial charge in [0.2, 0.25) is 5.91 Å². The molecule has 0 fully saturated rings. The zero-order valence-electron chi connectivity index (χ0n) is 19.2. The number of nitrogens with one attached hydrogen (secondary N) is 2. The number of anilines is 1. The number of rotatable bonds is 7. The van der Waals surface area contributed by atoms with Crippen molar-refractivity contribution in [3.8, 4) is 0 Å². The predicted octanol–water partition coefficient (Wildman–Crippen LogP) is 3.53. The number of hydrogen-bond donors (Lipinski definition) is 2. The summed E-state index contributed by atoms with van der Waals surface area (Å²) in [5.74, 6) is 0.276. The first-order chi connectivity index (χ1) is 15.0. The summed E-state index contributed by atoms with van der Waals surface area (Å²) < 4.78 is 27.7. The molecule has 2 aromatic rings. The molecule has 0 radical (unpaired) electrons. The SMILES string of the molecule is CN(CC(=O)Nc1cccc(S(=O)(=O)NC2=NCCC2)c1)Cc1ccc(C(C)(C)C)cc1. The molecule has 172 valence electrons. The molecule has 0 atom stereocenters. The summed E-state index contributed by atoms with van der Waals surface area (Å²) in [5.41, 5.74) is 2.94. The molecule has 32 heavy (non-hydrogen) atoms. The highest BCUT2D eigenvalue weighted by molar-refractivity contribution is 7.90. The van der Waals surface area contributed by atoms with E-state index >= 15 is 0 Å². The molecule has 0 aliphatic carbocycles. The number of amidine groups is 1. The number of carbonyl (C=O) groups is 1. The minimum atomic E-state index is -3.72. The van der Waals surface area contributed by atoms with Crippen LogP contribution in [-0.4, -0.2) is 45.2 Å². The smallest absolute Gasteiger partial charge is 0.262 e. The summed E-state index contributed by atoms with van der Waals surface area (Å²) >= 11 is 0. The Kier molecular flexibility index (Phi) is 7.36. The van der Waals surface area contributed by atoms with Crippen molar-refractivity contribution in [2.45, 2.75) is 50.5 Å². The standard InChI is InChI=1S/C24H32N4O3S/c1-24(2,3)19-12-10-18(11-13-19)16-28(4)17-23(29)26-20-7-5-8-21(15-20)32(30,31)27-22-9-6-14-25-22/h5,7-8,10-13,15H,6,9,14,16-17H2,1-4H3,(H,25,27)(H,26,29). The molecule has 0 saturated carbocycles. The molecule has 2 aromatic carbocycles. The van der Waals surface area contributed by atoms with Crippen molar-refractivity contribution in [3.63, 3.8) is 0 Å². The maximum Gasteiger partial charge on any atom is 0.262 e. The Balaban J connectivity index is 1.57. The molecule has 0 spiro atoms. The fourth-order valence-electron chi connectivity index (χ4n) is 3.50. The molecule has 0 aromatic heterocycles. The van der Waals surface area contributed by atoms with Crippen LogP contribution in [0.3, 0.4) is 0 Å². The lowest BCUT2D eigenvalue weighted by Gasteiger charge is -2.20. The zero-order chi connectivity index (χ0) is 23.4.